The lowest BCUT2D eigenvalue weighted by molar-refractivity contribution is 0.0563. The average Bonchev–Trinajstić information content (AvgIpc) is 2.65. The van der Waals surface area contributed by atoms with Gasteiger partial charge in [-0.2, -0.15) is 0 Å². The molecule has 162 valence electrons. The van der Waals surface area contributed by atoms with Crippen LogP contribution in [0.25, 0.3) is 0 Å². The standard InChI is InChI=1S/C26H53N/c1-6-8-10-12-14-16-20-27(21-17-15-13-11-9-7-2)26-22-24(5)18-19-25(26)23(3)4/h23-26H,6-22H2,1-5H3. The molecule has 1 heteroatoms. The fourth-order valence-corrected chi connectivity index (χ4v) is 5.21. The van der Waals surface area contributed by atoms with Crippen LogP contribution in [0.3, 0.4) is 0 Å². The third-order valence-electron chi connectivity index (χ3n) is 7.05. The lowest BCUT2D eigenvalue weighted by atomic mass is 9.73. The fraction of sp³-hybridized carbons (Fsp3) is 1.00. The minimum absolute atomic E-state index is 0.846. The maximum atomic E-state index is 2.96. The SMILES string of the molecule is CCCCCCCCN(CCCCCCCC)C1CC(C)CCC1C(C)C. The second-order valence-corrected chi connectivity index (χ2v) is 9.96. The number of hydrogen-bond donors (Lipinski definition) is 0. The molecule has 0 heterocycles. The zero-order chi connectivity index (χ0) is 19.9. The molecule has 1 aliphatic rings. The van der Waals surface area contributed by atoms with Crippen molar-refractivity contribution in [3.05, 3.63) is 0 Å². The molecule has 1 aliphatic carbocycles. The molecule has 1 rings (SSSR count). The molecule has 0 radical (unpaired) electrons. The minimum Gasteiger partial charge on any atom is -0.300 e. The molecular formula is C26H53N. The van der Waals surface area contributed by atoms with Gasteiger partial charge in [0.15, 0.2) is 0 Å². The summed E-state index contributed by atoms with van der Waals surface area (Å²) in [5.41, 5.74) is 0. The zero-order valence-electron chi connectivity index (χ0n) is 19.8. The quantitative estimate of drug-likeness (QED) is 0.243. The van der Waals surface area contributed by atoms with Crippen molar-refractivity contribution in [2.75, 3.05) is 13.1 Å². The van der Waals surface area contributed by atoms with E-state index in [-0.39, 0.29) is 0 Å². The molecule has 0 aromatic rings. The van der Waals surface area contributed by atoms with E-state index in [0.29, 0.717) is 0 Å². The molecule has 0 amide bonds. The normalized spacial score (nSPS) is 23.4. The first-order chi connectivity index (χ1) is 13.1. The highest BCUT2D eigenvalue weighted by molar-refractivity contribution is 4.87. The van der Waals surface area contributed by atoms with Crippen LogP contribution in [0.2, 0.25) is 0 Å². The molecule has 0 bridgehead atoms. The third kappa shape index (κ3) is 10.9. The Kier molecular flexibility index (Phi) is 14.7. The average molecular weight is 380 g/mol. The van der Waals surface area contributed by atoms with E-state index in [4.69, 9.17) is 0 Å². The van der Waals surface area contributed by atoms with Crippen molar-refractivity contribution >= 4 is 0 Å². The molecule has 1 saturated carbocycles. The monoisotopic (exact) mass is 379 g/mol. The highest BCUT2D eigenvalue weighted by atomic mass is 15.2. The van der Waals surface area contributed by atoms with Crippen LogP contribution in [-0.2, 0) is 0 Å². The van der Waals surface area contributed by atoms with Crippen LogP contribution in [0.5, 0.6) is 0 Å². The first kappa shape index (κ1) is 25.0. The van der Waals surface area contributed by atoms with E-state index in [1.54, 1.807) is 0 Å². The predicted molar refractivity (Wildman–Crippen MR) is 123 cm³/mol. The molecule has 0 aromatic carbocycles. The number of hydrogen-bond acceptors (Lipinski definition) is 1. The van der Waals surface area contributed by atoms with E-state index in [2.05, 4.69) is 39.5 Å². The summed E-state index contributed by atoms with van der Waals surface area (Å²) in [7, 11) is 0. The topological polar surface area (TPSA) is 3.24 Å². The van der Waals surface area contributed by atoms with Gasteiger partial charge in [0, 0.05) is 6.04 Å². The predicted octanol–water partition coefficient (Wildman–Crippen LogP) is 8.47. The van der Waals surface area contributed by atoms with Crippen LogP contribution < -0.4 is 0 Å². The van der Waals surface area contributed by atoms with Crippen LogP contribution in [0.1, 0.15) is 131 Å². The van der Waals surface area contributed by atoms with Crippen LogP contribution in [-0.4, -0.2) is 24.0 Å². The van der Waals surface area contributed by atoms with E-state index >= 15 is 0 Å². The van der Waals surface area contributed by atoms with Gasteiger partial charge in [-0.1, -0.05) is 105 Å². The van der Waals surface area contributed by atoms with E-state index in [0.717, 1.165) is 23.8 Å². The Morgan fingerprint density at radius 2 is 1.19 bits per heavy atom. The fourth-order valence-electron chi connectivity index (χ4n) is 5.21. The lowest BCUT2D eigenvalue weighted by Crippen LogP contribution is -2.46. The summed E-state index contributed by atoms with van der Waals surface area (Å²) in [6, 6.07) is 0.861. The summed E-state index contributed by atoms with van der Waals surface area (Å²) in [4.78, 5) is 2.96. The van der Waals surface area contributed by atoms with Crippen molar-refractivity contribution in [2.24, 2.45) is 17.8 Å². The highest BCUT2D eigenvalue weighted by Gasteiger charge is 2.34. The Morgan fingerprint density at radius 3 is 1.67 bits per heavy atom. The second kappa shape index (κ2) is 15.8. The van der Waals surface area contributed by atoms with E-state index < -0.39 is 0 Å². The molecule has 1 nitrogen and oxygen atoms in total. The van der Waals surface area contributed by atoms with E-state index in [1.807, 2.05) is 0 Å². The van der Waals surface area contributed by atoms with Crippen molar-refractivity contribution in [3.63, 3.8) is 0 Å². The minimum atomic E-state index is 0.846. The summed E-state index contributed by atoms with van der Waals surface area (Å²) >= 11 is 0. The molecule has 27 heavy (non-hydrogen) atoms. The molecular weight excluding hydrogens is 326 g/mol. The summed E-state index contributed by atoms with van der Waals surface area (Å²) < 4.78 is 0. The molecule has 0 N–H and O–H groups in total. The smallest absolute Gasteiger partial charge is 0.0128 e. The van der Waals surface area contributed by atoms with Crippen molar-refractivity contribution < 1.29 is 0 Å². The van der Waals surface area contributed by atoms with Crippen molar-refractivity contribution in [3.8, 4) is 0 Å². The summed E-state index contributed by atoms with van der Waals surface area (Å²) in [5, 5.41) is 0. The van der Waals surface area contributed by atoms with Crippen molar-refractivity contribution in [1.82, 2.24) is 4.90 Å². The first-order valence-electron chi connectivity index (χ1n) is 12.8. The van der Waals surface area contributed by atoms with Gasteiger partial charge in [0.05, 0.1) is 0 Å². The Morgan fingerprint density at radius 1 is 0.704 bits per heavy atom. The number of rotatable bonds is 16. The molecule has 0 aliphatic heterocycles. The van der Waals surface area contributed by atoms with Crippen LogP contribution in [0.4, 0.5) is 0 Å². The Balaban J connectivity index is 2.50. The van der Waals surface area contributed by atoms with Gasteiger partial charge in [-0.15, -0.1) is 0 Å². The largest absolute Gasteiger partial charge is 0.300 e. The number of nitrogens with zero attached hydrogens (tertiary/aromatic N) is 1. The molecule has 3 atom stereocenters. The highest BCUT2D eigenvalue weighted by Crippen LogP contribution is 2.36. The lowest BCUT2D eigenvalue weighted by Gasteiger charge is -2.44. The van der Waals surface area contributed by atoms with Crippen LogP contribution in [0.15, 0.2) is 0 Å². The Hall–Kier alpha value is -0.0400. The first-order valence-corrected chi connectivity index (χ1v) is 12.8. The maximum absolute atomic E-state index is 2.96. The molecule has 0 saturated heterocycles. The van der Waals surface area contributed by atoms with Gasteiger partial charge in [-0.3, -0.25) is 0 Å². The van der Waals surface area contributed by atoms with E-state index in [1.165, 1.54) is 109 Å². The summed E-state index contributed by atoms with van der Waals surface area (Å²) in [6.45, 7) is 14.8. The van der Waals surface area contributed by atoms with Gasteiger partial charge in [0.25, 0.3) is 0 Å². The number of unbranched alkanes of at least 4 members (excludes halogenated alkanes) is 10. The second-order valence-electron chi connectivity index (χ2n) is 9.96. The van der Waals surface area contributed by atoms with Gasteiger partial charge >= 0.3 is 0 Å². The Labute approximate surface area is 173 Å². The van der Waals surface area contributed by atoms with Crippen molar-refractivity contribution in [2.45, 2.75) is 137 Å². The van der Waals surface area contributed by atoms with Gasteiger partial charge in [-0.25, -0.2) is 0 Å². The molecule has 0 aromatic heterocycles. The van der Waals surface area contributed by atoms with Gasteiger partial charge in [0.1, 0.15) is 0 Å². The maximum Gasteiger partial charge on any atom is 0.0128 e. The molecule has 1 fully saturated rings. The van der Waals surface area contributed by atoms with Gasteiger partial charge in [-0.05, 0) is 56.5 Å². The zero-order valence-corrected chi connectivity index (χ0v) is 19.8. The third-order valence-corrected chi connectivity index (χ3v) is 7.05. The molecule has 0 spiro atoms. The van der Waals surface area contributed by atoms with Crippen LogP contribution in [0, 0.1) is 17.8 Å². The summed E-state index contributed by atoms with van der Waals surface area (Å²) in [6.07, 6.45) is 21.5. The van der Waals surface area contributed by atoms with Gasteiger partial charge in [0.2, 0.25) is 0 Å². The molecule has 3 unspecified atom stereocenters. The van der Waals surface area contributed by atoms with Gasteiger partial charge < -0.3 is 4.90 Å². The van der Waals surface area contributed by atoms with E-state index in [9.17, 15) is 0 Å². The summed E-state index contributed by atoms with van der Waals surface area (Å²) in [5.74, 6) is 2.71. The Bertz CT molecular complexity index is 308. The van der Waals surface area contributed by atoms with Crippen LogP contribution >= 0.6 is 0 Å². The van der Waals surface area contributed by atoms with Crippen molar-refractivity contribution in [1.29, 1.82) is 0 Å².